The molecule has 3 rings (SSSR count). The number of nitrogens with zero attached hydrogens (tertiary/aromatic N) is 5. The highest BCUT2D eigenvalue weighted by Crippen LogP contribution is 2.17. The van der Waals surface area contributed by atoms with Gasteiger partial charge in [-0.1, -0.05) is 12.1 Å². The number of rotatable bonds is 5. The molecule has 0 atom stereocenters. The van der Waals surface area contributed by atoms with Gasteiger partial charge in [-0.15, -0.1) is 0 Å². The van der Waals surface area contributed by atoms with Crippen molar-refractivity contribution in [3.8, 4) is 5.69 Å². The molecule has 1 aromatic carbocycles. The van der Waals surface area contributed by atoms with Crippen molar-refractivity contribution in [2.24, 2.45) is 0 Å². The minimum atomic E-state index is 0.00542. The van der Waals surface area contributed by atoms with Gasteiger partial charge < -0.3 is 4.90 Å². The standard InChI is InChI=1S/C19H23N5O/c1-5-23-15(3)18(14(2)21-23)19(25)22(4)13-16-7-9-17(10-8-16)24-12-6-11-20-24/h6-12H,5,13H2,1-4H3. The minimum Gasteiger partial charge on any atom is -0.337 e. The fourth-order valence-electron chi connectivity index (χ4n) is 3.03. The highest BCUT2D eigenvalue weighted by Gasteiger charge is 2.21. The Balaban J connectivity index is 1.75. The number of aryl methyl sites for hydroxylation is 2. The zero-order valence-corrected chi connectivity index (χ0v) is 15.1. The van der Waals surface area contributed by atoms with Crippen LogP contribution in [0.4, 0.5) is 0 Å². The molecule has 6 heteroatoms. The molecular weight excluding hydrogens is 314 g/mol. The molecule has 0 spiro atoms. The Morgan fingerprint density at radius 2 is 1.92 bits per heavy atom. The summed E-state index contributed by atoms with van der Waals surface area (Å²) in [5.74, 6) is 0.00542. The quantitative estimate of drug-likeness (QED) is 0.719. The van der Waals surface area contributed by atoms with Crippen LogP contribution >= 0.6 is 0 Å². The number of carbonyl (C=O) groups excluding carboxylic acids is 1. The predicted octanol–water partition coefficient (Wildman–Crippen LogP) is 2.98. The lowest BCUT2D eigenvalue weighted by atomic mass is 10.1. The van der Waals surface area contributed by atoms with Crippen molar-refractivity contribution in [3.05, 3.63) is 65.2 Å². The topological polar surface area (TPSA) is 56.0 Å². The molecule has 2 aromatic heterocycles. The Bertz CT molecular complexity index is 862. The van der Waals surface area contributed by atoms with Gasteiger partial charge in [-0.25, -0.2) is 4.68 Å². The summed E-state index contributed by atoms with van der Waals surface area (Å²) in [7, 11) is 1.83. The summed E-state index contributed by atoms with van der Waals surface area (Å²) in [6.45, 7) is 7.17. The van der Waals surface area contributed by atoms with Crippen LogP contribution < -0.4 is 0 Å². The van der Waals surface area contributed by atoms with Crippen molar-refractivity contribution in [2.75, 3.05) is 7.05 Å². The van der Waals surface area contributed by atoms with Crippen LogP contribution in [-0.4, -0.2) is 37.4 Å². The summed E-state index contributed by atoms with van der Waals surface area (Å²) in [6.07, 6.45) is 3.66. The molecule has 130 valence electrons. The summed E-state index contributed by atoms with van der Waals surface area (Å²) in [6, 6.07) is 9.95. The second-order valence-corrected chi connectivity index (χ2v) is 6.14. The molecule has 0 aliphatic heterocycles. The van der Waals surface area contributed by atoms with Crippen LogP contribution in [0.2, 0.25) is 0 Å². The van der Waals surface area contributed by atoms with Gasteiger partial charge >= 0.3 is 0 Å². The van der Waals surface area contributed by atoms with E-state index >= 15 is 0 Å². The van der Waals surface area contributed by atoms with Gasteiger partial charge in [0, 0.05) is 38.2 Å². The highest BCUT2D eigenvalue weighted by atomic mass is 16.2. The zero-order valence-electron chi connectivity index (χ0n) is 15.1. The van der Waals surface area contributed by atoms with Gasteiger partial charge in [0.15, 0.2) is 0 Å². The van der Waals surface area contributed by atoms with Crippen LogP contribution in [0.15, 0.2) is 42.7 Å². The van der Waals surface area contributed by atoms with Crippen LogP contribution in [0.1, 0.15) is 34.2 Å². The van der Waals surface area contributed by atoms with Crippen molar-refractivity contribution >= 4 is 5.91 Å². The summed E-state index contributed by atoms with van der Waals surface area (Å²) < 4.78 is 3.68. The van der Waals surface area contributed by atoms with Crippen molar-refractivity contribution in [1.82, 2.24) is 24.5 Å². The Morgan fingerprint density at radius 3 is 2.48 bits per heavy atom. The second-order valence-electron chi connectivity index (χ2n) is 6.14. The summed E-state index contributed by atoms with van der Waals surface area (Å²) in [5, 5.41) is 8.66. The average Bonchev–Trinajstić information content (AvgIpc) is 3.23. The van der Waals surface area contributed by atoms with Gasteiger partial charge in [0.05, 0.1) is 16.9 Å². The smallest absolute Gasteiger partial charge is 0.257 e. The van der Waals surface area contributed by atoms with Gasteiger partial charge in [0.2, 0.25) is 0 Å². The SMILES string of the molecule is CCn1nc(C)c(C(=O)N(C)Cc2ccc(-n3cccn3)cc2)c1C. The van der Waals surface area contributed by atoms with Gasteiger partial charge in [0.25, 0.3) is 5.91 Å². The number of hydrogen-bond acceptors (Lipinski definition) is 3. The molecule has 25 heavy (non-hydrogen) atoms. The first-order chi connectivity index (χ1) is 12.0. The van der Waals surface area contributed by atoms with Crippen LogP contribution in [0.25, 0.3) is 5.69 Å². The minimum absolute atomic E-state index is 0.00542. The molecule has 0 saturated carbocycles. The van der Waals surface area contributed by atoms with Crippen molar-refractivity contribution in [1.29, 1.82) is 0 Å². The molecule has 0 fully saturated rings. The fraction of sp³-hybridized carbons (Fsp3) is 0.316. The number of benzene rings is 1. The Hall–Kier alpha value is -2.89. The number of aromatic nitrogens is 4. The first-order valence-corrected chi connectivity index (χ1v) is 8.39. The summed E-state index contributed by atoms with van der Waals surface area (Å²) in [5.41, 5.74) is 4.48. The highest BCUT2D eigenvalue weighted by molar-refractivity contribution is 5.96. The maximum absolute atomic E-state index is 12.8. The predicted molar refractivity (Wildman–Crippen MR) is 96.7 cm³/mol. The normalized spacial score (nSPS) is 10.9. The van der Waals surface area contributed by atoms with E-state index in [1.165, 1.54) is 0 Å². The van der Waals surface area contributed by atoms with E-state index in [4.69, 9.17) is 0 Å². The summed E-state index contributed by atoms with van der Waals surface area (Å²) >= 11 is 0. The van der Waals surface area contributed by atoms with Gasteiger partial charge in [-0.05, 0) is 44.5 Å². The molecular formula is C19H23N5O. The van der Waals surface area contributed by atoms with Crippen LogP contribution in [0.5, 0.6) is 0 Å². The van der Waals surface area contributed by atoms with E-state index in [0.29, 0.717) is 12.1 Å². The van der Waals surface area contributed by atoms with Crippen LogP contribution in [-0.2, 0) is 13.1 Å². The lowest BCUT2D eigenvalue weighted by Crippen LogP contribution is -2.27. The Morgan fingerprint density at radius 1 is 1.20 bits per heavy atom. The first kappa shape index (κ1) is 17.0. The zero-order chi connectivity index (χ0) is 18.0. The molecule has 1 amide bonds. The molecule has 0 unspecified atom stereocenters. The number of hydrogen-bond donors (Lipinski definition) is 0. The first-order valence-electron chi connectivity index (χ1n) is 8.39. The van der Waals surface area contributed by atoms with Crippen molar-refractivity contribution in [2.45, 2.75) is 33.9 Å². The Labute approximate surface area is 147 Å². The lowest BCUT2D eigenvalue weighted by molar-refractivity contribution is 0.0783. The largest absolute Gasteiger partial charge is 0.337 e. The van der Waals surface area contributed by atoms with E-state index in [1.807, 2.05) is 73.7 Å². The number of amides is 1. The maximum atomic E-state index is 12.8. The third-order valence-electron chi connectivity index (χ3n) is 4.37. The Kier molecular flexibility index (Phi) is 4.70. The van der Waals surface area contributed by atoms with E-state index in [9.17, 15) is 4.79 Å². The molecule has 0 aliphatic rings. The molecule has 0 radical (unpaired) electrons. The molecule has 3 aromatic rings. The van der Waals surface area contributed by atoms with E-state index in [-0.39, 0.29) is 5.91 Å². The van der Waals surface area contributed by atoms with Crippen molar-refractivity contribution < 1.29 is 4.79 Å². The van der Waals surface area contributed by atoms with E-state index in [1.54, 1.807) is 11.1 Å². The second kappa shape index (κ2) is 6.93. The maximum Gasteiger partial charge on any atom is 0.257 e. The lowest BCUT2D eigenvalue weighted by Gasteiger charge is -2.18. The average molecular weight is 337 g/mol. The van der Waals surface area contributed by atoms with Crippen molar-refractivity contribution in [3.63, 3.8) is 0 Å². The third-order valence-corrected chi connectivity index (χ3v) is 4.37. The molecule has 6 nitrogen and oxygen atoms in total. The number of carbonyl (C=O) groups is 1. The van der Waals surface area contributed by atoms with Gasteiger partial charge in [-0.2, -0.15) is 10.2 Å². The molecule has 2 heterocycles. The van der Waals surface area contributed by atoms with Gasteiger partial charge in [-0.3, -0.25) is 9.48 Å². The molecule has 0 bridgehead atoms. The molecule has 0 N–H and O–H groups in total. The summed E-state index contributed by atoms with van der Waals surface area (Å²) in [4.78, 5) is 14.6. The van der Waals surface area contributed by atoms with Crippen LogP contribution in [0.3, 0.4) is 0 Å². The van der Waals surface area contributed by atoms with E-state index in [0.717, 1.165) is 29.2 Å². The molecule has 0 saturated heterocycles. The van der Waals surface area contributed by atoms with E-state index in [2.05, 4.69) is 10.2 Å². The van der Waals surface area contributed by atoms with E-state index < -0.39 is 0 Å². The molecule has 0 aliphatic carbocycles. The monoisotopic (exact) mass is 337 g/mol. The van der Waals surface area contributed by atoms with Gasteiger partial charge in [0.1, 0.15) is 0 Å². The van der Waals surface area contributed by atoms with Crippen LogP contribution in [0, 0.1) is 13.8 Å². The fourth-order valence-corrected chi connectivity index (χ4v) is 3.03. The third kappa shape index (κ3) is 3.33.